The fourth-order valence-corrected chi connectivity index (χ4v) is 7.26. The fourth-order valence-electron chi connectivity index (χ4n) is 7.26. The van der Waals surface area contributed by atoms with Gasteiger partial charge in [0.25, 0.3) is 0 Å². The van der Waals surface area contributed by atoms with E-state index in [0.29, 0.717) is 6.42 Å². The number of allylic oxidation sites excluding steroid dienone is 4. The van der Waals surface area contributed by atoms with E-state index >= 15 is 0 Å². The largest absolute Gasteiger partial charge is 0.393 e. The van der Waals surface area contributed by atoms with Crippen molar-refractivity contribution in [3.8, 4) is 0 Å². The first-order chi connectivity index (χ1) is 12.6. The van der Waals surface area contributed by atoms with Crippen LogP contribution in [0.1, 0.15) is 46.5 Å². The second kappa shape index (κ2) is 5.71. The highest BCUT2D eigenvalue weighted by molar-refractivity contribution is 6.29. The van der Waals surface area contributed by atoms with Crippen LogP contribution in [-0.4, -0.2) is 39.8 Å². The smallest absolute Gasteiger partial charge is 0.227 e. The molecule has 5 nitrogen and oxygen atoms in total. The lowest BCUT2D eigenvalue weighted by Crippen LogP contribution is -2.62. The Bertz CT molecular complexity index is 782. The number of hydrogen-bond donors (Lipinski definition) is 2. The fraction of sp³-hybridized carbons (Fsp3) is 0.682. The second-order valence-corrected chi connectivity index (χ2v) is 9.62. The standard InChI is InChI=1S/C22H28O5/c1-12-8-14-15-5-7-22(27,18(26)11-23)21(15,3)10-17(25)19(14)20(2)6-4-13(24)9-16(12)20/h4,6,9,11-12,14-15,17,19,25,27H,5,7-8,10H2,1-3H3/t12-,14+,15-,17?,19?,20+,21+,22-/m1/s1. The van der Waals surface area contributed by atoms with Crippen LogP contribution in [-0.2, 0) is 14.4 Å². The van der Waals surface area contributed by atoms with E-state index in [9.17, 15) is 24.6 Å². The zero-order chi connectivity index (χ0) is 19.8. The Morgan fingerprint density at radius 2 is 2.04 bits per heavy atom. The molecule has 2 N–H and O–H groups in total. The summed E-state index contributed by atoms with van der Waals surface area (Å²) in [5.74, 6) is -0.452. The van der Waals surface area contributed by atoms with Gasteiger partial charge in [0.2, 0.25) is 5.78 Å². The second-order valence-electron chi connectivity index (χ2n) is 9.62. The van der Waals surface area contributed by atoms with Gasteiger partial charge in [-0.1, -0.05) is 32.4 Å². The molecule has 0 aliphatic heterocycles. The summed E-state index contributed by atoms with van der Waals surface area (Å²) in [7, 11) is 0. The van der Waals surface area contributed by atoms with Crippen molar-refractivity contribution in [1.29, 1.82) is 0 Å². The van der Waals surface area contributed by atoms with Crippen molar-refractivity contribution in [2.75, 3.05) is 0 Å². The summed E-state index contributed by atoms with van der Waals surface area (Å²) in [6.45, 7) is 6.07. The number of aliphatic hydroxyl groups is 2. The normalized spacial score (nSPS) is 51.1. The summed E-state index contributed by atoms with van der Waals surface area (Å²) in [5.41, 5.74) is -1.82. The van der Waals surface area contributed by atoms with Gasteiger partial charge in [-0.05, 0) is 55.6 Å². The van der Waals surface area contributed by atoms with Gasteiger partial charge in [0.15, 0.2) is 12.1 Å². The summed E-state index contributed by atoms with van der Waals surface area (Å²) in [6, 6.07) is 0. The van der Waals surface area contributed by atoms with Gasteiger partial charge in [0, 0.05) is 16.7 Å². The molecule has 27 heavy (non-hydrogen) atoms. The molecule has 0 amide bonds. The van der Waals surface area contributed by atoms with Crippen LogP contribution >= 0.6 is 0 Å². The monoisotopic (exact) mass is 372 g/mol. The summed E-state index contributed by atoms with van der Waals surface area (Å²) in [6.07, 6.45) is 6.83. The molecule has 0 bridgehead atoms. The van der Waals surface area contributed by atoms with E-state index < -0.39 is 28.3 Å². The van der Waals surface area contributed by atoms with Crippen molar-refractivity contribution in [1.82, 2.24) is 0 Å². The molecule has 3 fully saturated rings. The molecule has 0 aromatic heterocycles. The summed E-state index contributed by atoms with van der Waals surface area (Å²) >= 11 is 0. The molecule has 146 valence electrons. The van der Waals surface area contributed by atoms with Gasteiger partial charge in [0.05, 0.1) is 6.10 Å². The van der Waals surface area contributed by atoms with Crippen LogP contribution in [0, 0.1) is 34.5 Å². The minimum absolute atomic E-state index is 0.00488. The van der Waals surface area contributed by atoms with E-state index in [0.717, 1.165) is 12.0 Å². The molecule has 0 heterocycles. The highest BCUT2D eigenvalue weighted by Crippen LogP contribution is 2.67. The Labute approximate surface area is 159 Å². The molecule has 4 rings (SSSR count). The topological polar surface area (TPSA) is 91.7 Å². The van der Waals surface area contributed by atoms with Crippen LogP contribution in [0.4, 0.5) is 0 Å². The van der Waals surface area contributed by atoms with Crippen molar-refractivity contribution in [3.05, 3.63) is 23.8 Å². The Morgan fingerprint density at radius 1 is 1.33 bits per heavy atom. The first-order valence-electron chi connectivity index (χ1n) is 9.94. The molecular formula is C22H28O5. The highest BCUT2D eigenvalue weighted by Gasteiger charge is 2.68. The molecule has 0 aromatic rings. The molecule has 0 saturated heterocycles. The third-order valence-corrected chi connectivity index (χ3v) is 8.48. The lowest BCUT2D eigenvalue weighted by atomic mass is 9.45. The van der Waals surface area contributed by atoms with E-state index in [1.54, 1.807) is 12.2 Å². The number of ketones is 2. The lowest BCUT2D eigenvalue weighted by Gasteiger charge is -2.60. The Kier molecular flexibility index (Phi) is 3.97. The van der Waals surface area contributed by atoms with Gasteiger partial charge in [0.1, 0.15) is 5.60 Å². The van der Waals surface area contributed by atoms with Crippen molar-refractivity contribution in [3.63, 3.8) is 0 Å². The minimum atomic E-state index is -1.69. The number of carbonyl (C=O) groups is 3. The van der Waals surface area contributed by atoms with E-state index in [1.165, 1.54) is 0 Å². The first kappa shape index (κ1) is 18.8. The van der Waals surface area contributed by atoms with Crippen molar-refractivity contribution in [2.45, 2.75) is 58.2 Å². The summed E-state index contributed by atoms with van der Waals surface area (Å²) < 4.78 is 0. The number of aliphatic hydroxyl groups excluding tert-OH is 1. The molecule has 0 radical (unpaired) electrons. The Hall–Kier alpha value is -1.59. The van der Waals surface area contributed by atoms with Crippen LogP contribution in [0.2, 0.25) is 0 Å². The molecule has 2 unspecified atom stereocenters. The number of rotatable bonds is 2. The number of hydrogen-bond acceptors (Lipinski definition) is 5. The number of aldehydes is 1. The van der Waals surface area contributed by atoms with Crippen molar-refractivity contribution in [2.24, 2.45) is 34.5 Å². The SMILES string of the molecule is C[C@@H]1C[C@@H]2C(C(O)C[C@@]3(C)[C@@H]2CC[C@@]3(O)C(=O)C=O)[C@@]2(C)C=CC(=O)C=C12. The number of Topliss-reactive ketones (excluding diaryl/α,β-unsaturated/α-hetero) is 1. The average molecular weight is 372 g/mol. The maximum absolute atomic E-state index is 12.3. The van der Waals surface area contributed by atoms with Gasteiger partial charge in [-0.2, -0.15) is 0 Å². The molecular weight excluding hydrogens is 344 g/mol. The molecule has 4 aliphatic carbocycles. The summed E-state index contributed by atoms with van der Waals surface area (Å²) in [5, 5.41) is 22.4. The average Bonchev–Trinajstić information content (AvgIpc) is 2.87. The molecule has 4 aliphatic rings. The Morgan fingerprint density at radius 3 is 2.70 bits per heavy atom. The van der Waals surface area contributed by atoms with Crippen LogP contribution < -0.4 is 0 Å². The maximum Gasteiger partial charge on any atom is 0.227 e. The Balaban J connectivity index is 1.79. The van der Waals surface area contributed by atoms with Gasteiger partial charge >= 0.3 is 0 Å². The van der Waals surface area contributed by atoms with Crippen LogP contribution in [0.25, 0.3) is 0 Å². The lowest BCUT2D eigenvalue weighted by molar-refractivity contribution is -0.178. The van der Waals surface area contributed by atoms with Gasteiger partial charge < -0.3 is 10.2 Å². The van der Waals surface area contributed by atoms with Crippen LogP contribution in [0.3, 0.4) is 0 Å². The third-order valence-electron chi connectivity index (χ3n) is 8.48. The van der Waals surface area contributed by atoms with Crippen molar-refractivity contribution < 1.29 is 24.6 Å². The summed E-state index contributed by atoms with van der Waals surface area (Å²) in [4.78, 5) is 35.4. The van der Waals surface area contributed by atoms with E-state index in [2.05, 4.69) is 13.8 Å². The molecule has 5 heteroatoms. The minimum Gasteiger partial charge on any atom is -0.393 e. The van der Waals surface area contributed by atoms with Crippen LogP contribution in [0.15, 0.2) is 23.8 Å². The zero-order valence-corrected chi connectivity index (χ0v) is 16.1. The third kappa shape index (κ3) is 2.21. The van der Waals surface area contributed by atoms with Gasteiger partial charge in [-0.25, -0.2) is 0 Å². The van der Waals surface area contributed by atoms with E-state index in [1.807, 2.05) is 13.0 Å². The first-order valence-corrected chi connectivity index (χ1v) is 9.94. The molecule has 0 aromatic carbocycles. The van der Waals surface area contributed by atoms with Gasteiger partial charge in [-0.15, -0.1) is 0 Å². The number of carbonyl (C=O) groups excluding carboxylic acids is 3. The number of fused-ring (bicyclic) bond motifs is 5. The van der Waals surface area contributed by atoms with E-state index in [-0.39, 0.29) is 48.6 Å². The zero-order valence-electron chi connectivity index (χ0n) is 16.1. The van der Waals surface area contributed by atoms with Gasteiger partial charge in [-0.3, -0.25) is 14.4 Å². The quantitative estimate of drug-likeness (QED) is 0.571. The molecule has 8 atom stereocenters. The van der Waals surface area contributed by atoms with Crippen LogP contribution in [0.5, 0.6) is 0 Å². The van der Waals surface area contributed by atoms with E-state index in [4.69, 9.17) is 0 Å². The predicted molar refractivity (Wildman–Crippen MR) is 98.6 cm³/mol. The maximum atomic E-state index is 12.3. The molecule has 0 spiro atoms. The van der Waals surface area contributed by atoms with Crippen molar-refractivity contribution >= 4 is 17.9 Å². The highest BCUT2D eigenvalue weighted by atomic mass is 16.3. The molecule has 3 saturated carbocycles. The predicted octanol–water partition coefficient (Wildman–Crippen LogP) is 2.01.